The molecule has 0 saturated heterocycles. The van der Waals surface area contributed by atoms with Gasteiger partial charge in [-0.15, -0.1) is 0 Å². The Morgan fingerprint density at radius 2 is 0.746 bits per heavy atom. The minimum atomic E-state index is -0.501. The molecule has 0 fully saturated rings. The number of rotatable bonds is 7. The van der Waals surface area contributed by atoms with Gasteiger partial charge in [-0.2, -0.15) is 0 Å². The van der Waals surface area contributed by atoms with Crippen LogP contribution in [-0.4, -0.2) is 9.97 Å². The van der Waals surface area contributed by atoms with Crippen molar-refractivity contribution in [3.63, 3.8) is 0 Å². The average molecular weight is 801 g/mol. The van der Waals surface area contributed by atoms with Gasteiger partial charge < -0.3 is 0 Å². The molecule has 1 aliphatic rings. The van der Waals surface area contributed by atoms with Gasteiger partial charge in [0.05, 0.1) is 16.8 Å². The molecule has 1 aromatic heterocycles. The third kappa shape index (κ3) is 6.02. The molecular weight excluding hydrogens is 761 g/mol. The number of hydrogen-bond acceptors (Lipinski definition) is 2. The minimum Gasteiger partial charge on any atom is -0.228 e. The van der Waals surface area contributed by atoms with Crippen LogP contribution in [0.3, 0.4) is 0 Å². The summed E-state index contributed by atoms with van der Waals surface area (Å²) in [5.74, 6) is 0.700. The molecule has 0 unspecified atom stereocenters. The zero-order valence-electron chi connectivity index (χ0n) is 34.5. The predicted octanol–water partition coefficient (Wildman–Crippen LogP) is 15.5. The summed E-state index contributed by atoms with van der Waals surface area (Å²) in [6.45, 7) is 0. The molecule has 11 aromatic rings. The summed E-state index contributed by atoms with van der Waals surface area (Å²) in [5.41, 5.74) is 16.8. The Morgan fingerprint density at radius 1 is 0.286 bits per heavy atom. The highest BCUT2D eigenvalue weighted by Gasteiger charge is 2.47. The van der Waals surface area contributed by atoms with Gasteiger partial charge >= 0.3 is 0 Å². The van der Waals surface area contributed by atoms with Crippen molar-refractivity contribution in [3.05, 3.63) is 265 Å². The fourth-order valence-corrected chi connectivity index (χ4v) is 10.1. The standard InChI is InChI=1S/C61H40N2/c1-5-17-41(18-6-1)42-29-31-45(32-30-42)58-40-57(44-20-7-2-8-21-44)62-60(63-58)54-37-36-49(51-27-15-16-28-52(51)54)46-34-38-56-55(39-46)53-35-33-43-19-13-14-26-50(43)59(53)61(56,47-22-9-3-10-23-47)48-24-11-4-12-25-48/h1-40H. The van der Waals surface area contributed by atoms with Crippen LogP contribution in [0.2, 0.25) is 0 Å². The van der Waals surface area contributed by atoms with E-state index >= 15 is 0 Å². The molecule has 0 spiro atoms. The monoisotopic (exact) mass is 800 g/mol. The highest BCUT2D eigenvalue weighted by atomic mass is 14.9. The van der Waals surface area contributed by atoms with Crippen molar-refractivity contribution in [1.82, 2.24) is 9.97 Å². The van der Waals surface area contributed by atoms with E-state index in [2.05, 4.69) is 237 Å². The van der Waals surface area contributed by atoms with Crippen LogP contribution in [0.15, 0.2) is 243 Å². The lowest BCUT2D eigenvalue weighted by molar-refractivity contribution is 0.775. The Bertz CT molecular complexity index is 3430. The Morgan fingerprint density at radius 3 is 1.40 bits per heavy atom. The Balaban J connectivity index is 1.03. The van der Waals surface area contributed by atoms with Crippen LogP contribution >= 0.6 is 0 Å². The smallest absolute Gasteiger partial charge is 0.161 e. The van der Waals surface area contributed by atoms with Crippen molar-refractivity contribution in [1.29, 1.82) is 0 Å². The minimum absolute atomic E-state index is 0.501. The van der Waals surface area contributed by atoms with Gasteiger partial charge in [0.2, 0.25) is 0 Å². The second-order valence-electron chi connectivity index (χ2n) is 16.4. The molecule has 1 aliphatic carbocycles. The number of fused-ring (bicyclic) bond motifs is 6. The molecule has 0 amide bonds. The summed E-state index contributed by atoms with van der Waals surface area (Å²) in [6, 6.07) is 87.7. The zero-order valence-corrected chi connectivity index (χ0v) is 34.5. The van der Waals surface area contributed by atoms with Crippen LogP contribution < -0.4 is 0 Å². The van der Waals surface area contributed by atoms with Crippen molar-refractivity contribution in [2.75, 3.05) is 0 Å². The molecule has 0 N–H and O–H groups in total. The molecule has 1 heterocycles. The molecule has 0 bridgehead atoms. The molecule has 294 valence electrons. The molecule has 2 nitrogen and oxygen atoms in total. The van der Waals surface area contributed by atoms with Crippen LogP contribution in [0.1, 0.15) is 22.3 Å². The first-order valence-corrected chi connectivity index (χ1v) is 21.6. The van der Waals surface area contributed by atoms with Gasteiger partial charge in [0.25, 0.3) is 0 Å². The molecule has 0 radical (unpaired) electrons. The Labute approximate surface area is 367 Å². The normalized spacial score (nSPS) is 12.6. The molecule has 63 heavy (non-hydrogen) atoms. The average Bonchev–Trinajstić information content (AvgIpc) is 3.68. The van der Waals surface area contributed by atoms with Crippen molar-refractivity contribution < 1.29 is 0 Å². The highest BCUT2D eigenvalue weighted by molar-refractivity contribution is 6.06. The fourth-order valence-electron chi connectivity index (χ4n) is 10.1. The van der Waals surface area contributed by atoms with Crippen LogP contribution in [0.25, 0.3) is 88.8 Å². The van der Waals surface area contributed by atoms with Crippen LogP contribution in [0, 0.1) is 0 Å². The predicted molar refractivity (Wildman–Crippen MR) is 262 cm³/mol. The summed E-state index contributed by atoms with van der Waals surface area (Å²) in [5, 5.41) is 4.79. The number of benzene rings is 10. The first kappa shape index (κ1) is 36.6. The van der Waals surface area contributed by atoms with Crippen LogP contribution in [0.4, 0.5) is 0 Å². The van der Waals surface area contributed by atoms with E-state index in [1.165, 1.54) is 66.4 Å². The Hall–Kier alpha value is -8.20. The zero-order chi connectivity index (χ0) is 41.7. The van der Waals surface area contributed by atoms with E-state index in [4.69, 9.17) is 9.97 Å². The number of aromatic nitrogens is 2. The molecule has 0 atom stereocenters. The molecular formula is C61H40N2. The van der Waals surface area contributed by atoms with Gasteiger partial charge in [0.15, 0.2) is 5.82 Å². The summed E-state index contributed by atoms with van der Waals surface area (Å²) in [7, 11) is 0. The molecule has 12 rings (SSSR count). The Kier molecular flexibility index (Phi) is 8.76. The lowest BCUT2D eigenvalue weighted by Crippen LogP contribution is -2.28. The third-order valence-electron chi connectivity index (χ3n) is 13.0. The van der Waals surface area contributed by atoms with E-state index in [9.17, 15) is 0 Å². The maximum Gasteiger partial charge on any atom is 0.161 e. The van der Waals surface area contributed by atoms with E-state index in [1.807, 2.05) is 6.07 Å². The largest absolute Gasteiger partial charge is 0.228 e. The lowest BCUT2D eigenvalue weighted by atomic mass is 9.66. The van der Waals surface area contributed by atoms with Crippen LogP contribution in [0.5, 0.6) is 0 Å². The molecule has 10 aromatic carbocycles. The summed E-state index contributed by atoms with van der Waals surface area (Å²) in [6.07, 6.45) is 0. The molecule has 0 aliphatic heterocycles. The second-order valence-corrected chi connectivity index (χ2v) is 16.4. The number of hydrogen-bond donors (Lipinski definition) is 0. The van der Waals surface area contributed by atoms with Gasteiger partial charge in [-0.1, -0.05) is 224 Å². The van der Waals surface area contributed by atoms with Crippen molar-refractivity contribution in [2.45, 2.75) is 5.41 Å². The third-order valence-corrected chi connectivity index (χ3v) is 13.0. The first-order chi connectivity index (χ1) is 31.2. The molecule has 2 heteroatoms. The number of nitrogens with zero attached hydrogens (tertiary/aromatic N) is 2. The SMILES string of the molecule is c1ccc(-c2ccc(-c3cc(-c4ccccc4)nc(-c4ccc(-c5ccc6c(c5)-c5ccc7ccccc7c5C6(c5ccccc5)c5ccccc5)c5ccccc45)n3)cc2)cc1. The maximum atomic E-state index is 5.31. The second kappa shape index (κ2) is 15.1. The van der Waals surface area contributed by atoms with Crippen molar-refractivity contribution in [2.24, 2.45) is 0 Å². The van der Waals surface area contributed by atoms with E-state index in [-0.39, 0.29) is 0 Å². The van der Waals surface area contributed by atoms with E-state index in [1.54, 1.807) is 0 Å². The van der Waals surface area contributed by atoms with Crippen molar-refractivity contribution >= 4 is 21.5 Å². The highest BCUT2D eigenvalue weighted by Crippen LogP contribution is 2.58. The van der Waals surface area contributed by atoms with Gasteiger partial charge in [0.1, 0.15) is 0 Å². The summed E-state index contributed by atoms with van der Waals surface area (Å²) >= 11 is 0. The van der Waals surface area contributed by atoms with Gasteiger partial charge in [-0.25, -0.2) is 9.97 Å². The molecule has 0 saturated carbocycles. The van der Waals surface area contributed by atoms with Crippen LogP contribution in [-0.2, 0) is 5.41 Å². The lowest BCUT2D eigenvalue weighted by Gasteiger charge is -2.34. The fraction of sp³-hybridized carbons (Fsp3) is 0.0164. The first-order valence-electron chi connectivity index (χ1n) is 21.6. The van der Waals surface area contributed by atoms with Crippen molar-refractivity contribution in [3.8, 4) is 67.3 Å². The van der Waals surface area contributed by atoms with Gasteiger partial charge in [-0.3, -0.25) is 0 Å². The van der Waals surface area contributed by atoms with E-state index < -0.39 is 5.41 Å². The van der Waals surface area contributed by atoms with E-state index in [0.717, 1.165) is 38.9 Å². The summed E-state index contributed by atoms with van der Waals surface area (Å²) in [4.78, 5) is 10.6. The van der Waals surface area contributed by atoms with Gasteiger partial charge in [0, 0.05) is 16.7 Å². The van der Waals surface area contributed by atoms with E-state index in [0.29, 0.717) is 5.82 Å². The maximum absolute atomic E-state index is 5.31. The van der Waals surface area contributed by atoms with Gasteiger partial charge in [-0.05, 0) is 95.4 Å². The summed E-state index contributed by atoms with van der Waals surface area (Å²) < 4.78 is 0. The topological polar surface area (TPSA) is 25.8 Å². The quantitative estimate of drug-likeness (QED) is 0.160.